The van der Waals surface area contributed by atoms with Gasteiger partial charge in [0.2, 0.25) is 11.8 Å². The number of nitrogens with zero attached hydrogens (tertiary/aromatic N) is 1. The van der Waals surface area contributed by atoms with Gasteiger partial charge in [-0.1, -0.05) is 13.8 Å². The third-order valence-corrected chi connectivity index (χ3v) is 3.71. The van der Waals surface area contributed by atoms with E-state index < -0.39 is 0 Å². The molecule has 19 heavy (non-hydrogen) atoms. The van der Waals surface area contributed by atoms with Gasteiger partial charge < -0.3 is 15.0 Å². The number of ether oxygens (including phenoxy) is 1. The molecule has 0 spiro atoms. The molecule has 108 valence electrons. The summed E-state index contributed by atoms with van der Waals surface area (Å²) in [6.07, 6.45) is 2.09. The quantitative estimate of drug-likeness (QED) is 0.724. The molecule has 2 aliphatic rings. The Hall–Kier alpha value is -1.10. The van der Waals surface area contributed by atoms with Crippen LogP contribution in [0.1, 0.15) is 33.6 Å². The van der Waals surface area contributed by atoms with Crippen molar-refractivity contribution >= 4 is 11.8 Å². The van der Waals surface area contributed by atoms with Crippen LogP contribution in [0.3, 0.4) is 0 Å². The molecule has 2 fully saturated rings. The highest BCUT2D eigenvalue weighted by Crippen LogP contribution is 2.34. The fourth-order valence-corrected chi connectivity index (χ4v) is 2.38. The minimum absolute atomic E-state index is 0.0413. The van der Waals surface area contributed by atoms with Gasteiger partial charge in [-0.15, -0.1) is 0 Å². The molecular formula is C14H24N2O3. The number of nitrogens with one attached hydrogen (secondary N) is 1. The molecule has 1 saturated carbocycles. The highest BCUT2D eigenvalue weighted by Gasteiger charge is 2.45. The Morgan fingerprint density at radius 1 is 1.37 bits per heavy atom. The number of piperazine rings is 1. The third-order valence-electron chi connectivity index (χ3n) is 3.71. The SMILES string of the molecule is CC(C)COCCN1C(=O)C(C2CC2)NC(=O)C1C. The number of carbonyl (C=O) groups is 2. The normalized spacial score (nSPS) is 27.9. The van der Waals surface area contributed by atoms with Gasteiger partial charge in [-0.3, -0.25) is 9.59 Å². The zero-order valence-corrected chi connectivity index (χ0v) is 12.0. The van der Waals surface area contributed by atoms with Crippen molar-refractivity contribution in [3.8, 4) is 0 Å². The molecule has 1 saturated heterocycles. The van der Waals surface area contributed by atoms with Gasteiger partial charge in [-0.2, -0.15) is 0 Å². The van der Waals surface area contributed by atoms with Crippen LogP contribution in [-0.4, -0.2) is 48.6 Å². The molecule has 5 nitrogen and oxygen atoms in total. The van der Waals surface area contributed by atoms with Gasteiger partial charge in [0.1, 0.15) is 12.1 Å². The summed E-state index contributed by atoms with van der Waals surface area (Å²) in [6, 6.07) is -0.682. The van der Waals surface area contributed by atoms with Gasteiger partial charge in [-0.05, 0) is 31.6 Å². The molecule has 0 bridgehead atoms. The van der Waals surface area contributed by atoms with E-state index in [4.69, 9.17) is 4.74 Å². The average molecular weight is 268 g/mol. The Balaban J connectivity index is 1.88. The monoisotopic (exact) mass is 268 g/mol. The molecule has 2 atom stereocenters. The number of rotatable bonds is 6. The summed E-state index contributed by atoms with van der Waals surface area (Å²) < 4.78 is 5.52. The predicted octanol–water partition coefficient (Wildman–Crippen LogP) is 0.785. The number of carbonyl (C=O) groups excluding carboxylic acids is 2. The van der Waals surface area contributed by atoms with Crippen LogP contribution in [0.15, 0.2) is 0 Å². The van der Waals surface area contributed by atoms with Crippen LogP contribution in [0.2, 0.25) is 0 Å². The summed E-state index contributed by atoms with van der Waals surface area (Å²) in [5, 5.41) is 2.85. The number of hydrogen-bond donors (Lipinski definition) is 1. The maximum absolute atomic E-state index is 12.3. The van der Waals surface area contributed by atoms with Gasteiger partial charge >= 0.3 is 0 Å². The molecule has 2 amide bonds. The van der Waals surface area contributed by atoms with Crippen molar-refractivity contribution in [3.63, 3.8) is 0 Å². The van der Waals surface area contributed by atoms with Crippen LogP contribution in [0.5, 0.6) is 0 Å². The first-order valence-corrected chi connectivity index (χ1v) is 7.19. The van der Waals surface area contributed by atoms with Crippen molar-refractivity contribution in [2.24, 2.45) is 11.8 Å². The van der Waals surface area contributed by atoms with Crippen molar-refractivity contribution in [2.45, 2.75) is 45.7 Å². The van der Waals surface area contributed by atoms with E-state index in [0.29, 0.717) is 31.6 Å². The fourth-order valence-electron chi connectivity index (χ4n) is 2.38. The summed E-state index contributed by atoms with van der Waals surface area (Å²) in [5.74, 6) is 0.850. The number of hydrogen-bond acceptors (Lipinski definition) is 3. The highest BCUT2D eigenvalue weighted by molar-refractivity contribution is 5.97. The van der Waals surface area contributed by atoms with E-state index in [1.807, 2.05) is 0 Å². The second kappa shape index (κ2) is 5.90. The van der Waals surface area contributed by atoms with E-state index in [1.165, 1.54) is 0 Å². The second-order valence-electron chi connectivity index (χ2n) is 6.00. The third kappa shape index (κ3) is 3.47. The molecule has 1 heterocycles. The van der Waals surface area contributed by atoms with Crippen LogP contribution >= 0.6 is 0 Å². The maximum Gasteiger partial charge on any atom is 0.246 e. The first kappa shape index (κ1) is 14.3. The highest BCUT2D eigenvalue weighted by atomic mass is 16.5. The molecule has 2 rings (SSSR count). The minimum Gasteiger partial charge on any atom is -0.379 e. The molecule has 0 aromatic rings. The van der Waals surface area contributed by atoms with E-state index in [0.717, 1.165) is 12.8 Å². The van der Waals surface area contributed by atoms with E-state index in [1.54, 1.807) is 11.8 Å². The Labute approximate surface area is 114 Å². The Bertz CT molecular complexity index is 353. The largest absolute Gasteiger partial charge is 0.379 e. The Morgan fingerprint density at radius 2 is 2.05 bits per heavy atom. The van der Waals surface area contributed by atoms with Gasteiger partial charge in [-0.25, -0.2) is 0 Å². The summed E-state index contributed by atoms with van der Waals surface area (Å²) in [6.45, 7) is 7.65. The lowest BCUT2D eigenvalue weighted by molar-refractivity contribution is -0.150. The smallest absolute Gasteiger partial charge is 0.246 e. The number of amides is 2. The zero-order chi connectivity index (χ0) is 14.0. The van der Waals surface area contributed by atoms with Gasteiger partial charge in [0.15, 0.2) is 0 Å². The van der Waals surface area contributed by atoms with E-state index in [-0.39, 0.29) is 23.9 Å². The van der Waals surface area contributed by atoms with Crippen molar-refractivity contribution in [2.75, 3.05) is 19.8 Å². The summed E-state index contributed by atoms with van der Waals surface area (Å²) in [4.78, 5) is 25.9. The molecule has 1 N–H and O–H groups in total. The van der Waals surface area contributed by atoms with Crippen molar-refractivity contribution in [3.05, 3.63) is 0 Å². The van der Waals surface area contributed by atoms with Crippen molar-refractivity contribution in [1.82, 2.24) is 10.2 Å². The van der Waals surface area contributed by atoms with E-state index in [2.05, 4.69) is 19.2 Å². The lowest BCUT2D eigenvalue weighted by Crippen LogP contribution is -2.63. The summed E-state index contributed by atoms with van der Waals surface area (Å²) >= 11 is 0. The van der Waals surface area contributed by atoms with Gasteiger partial charge in [0.25, 0.3) is 0 Å². The summed E-state index contributed by atoms with van der Waals surface area (Å²) in [7, 11) is 0. The molecule has 1 aliphatic carbocycles. The van der Waals surface area contributed by atoms with Crippen LogP contribution in [0.4, 0.5) is 0 Å². The first-order chi connectivity index (χ1) is 9.00. The summed E-state index contributed by atoms with van der Waals surface area (Å²) in [5.41, 5.74) is 0. The van der Waals surface area contributed by atoms with Crippen LogP contribution in [-0.2, 0) is 14.3 Å². The van der Waals surface area contributed by atoms with Crippen LogP contribution in [0.25, 0.3) is 0 Å². The first-order valence-electron chi connectivity index (χ1n) is 7.19. The molecule has 2 unspecified atom stereocenters. The molecule has 5 heteroatoms. The Morgan fingerprint density at radius 3 is 2.63 bits per heavy atom. The second-order valence-corrected chi connectivity index (χ2v) is 6.00. The molecule has 0 radical (unpaired) electrons. The van der Waals surface area contributed by atoms with Crippen LogP contribution < -0.4 is 5.32 Å². The standard InChI is InChI=1S/C14H24N2O3/c1-9(2)8-19-7-6-16-10(3)13(17)15-12(14(16)18)11-4-5-11/h9-12H,4-8H2,1-3H3,(H,15,17). The zero-order valence-electron chi connectivity index (χ0n) is 12.0. The fraction of sp³-hybridized carbons (Fsp3) is 0.857. The lowest BCUT2D eigenvalue weighted by Gasteiger charge is -2.37. The topological polar surface area (TPSA) is 58.6 Å². The molecule has 0 aromatic carbocycles. The minimum atomic E-state index is -0.384. The van der Waals surface area contributed by atoms with E-state index >= 15 is 0 Å². The molecule has 1 aliphatic heterocycles. The lowest BCUT2D eigenvalue weighted by atomic mass is 10.0. The Kier molecular flexibility index (Phi) is 4.45. The molecular weight excluding hydrogens is 244 g/mol. The maximum atomic E-state index is 12.3. The average Bonchev–Trinajstić information content (AvgIpc) is 3.16. The van der Waals surface area contributed by atoms with E-state index in [9.17, 15) is 9.59 Å². The predicted molar refractivity (Wildman–Crippen MR) is 71.5 cm³/mol. The van der Waals surface area contributed by atoms with Gasteiger partial charge in [0, 0.05) is 13.2 Å². The van der Waals surface area contributed by atoms with Gasteiger partial charge in [0.05, 0.1) is 6.61 Å². The molecule has 0 aromatic heterocycles. The van der Waals surface area contributed by atoms with Crippen molar-refractivity contribution in [1.29, 1.82) is 0 Å². The van der Waals surface area contributed by atoms with Crippen LogP contribution in [0, 0.1) is 11.8 Å². The van der Waals surface area contributed by atoms with Crippen molar-refractivity contribution < 1.29 is 14.3 Å².